The van der Waals surface area contributed by atoms with E-state index in [9.17, 15) is 4.39 Å². The van der Waals surface area contributed by atoms with Crippen molar-refractivity contribution >= 4 is 15.9 Å². The highest BCUT2D eigenvalue weighted by molar-refractivity contribution is 9.10. The first-order valence-corrected chi connectivity index (χ1v) is 7.13. The summed E-state index contributed by atoms with van der Waals surface area (Å²) in [6.45, 7) is 0.824. The normalized spacial score (nSPS) is 12.4. The molecule has 0 heterocycles. The molecule has 0 fully saturated rings. The lowest BCUT2D eigenvalue weighted by atomic mass is 9.92. The summed E-state index contributed by atoms with van der Waals surface area (Å²) in [5.74, 6) is 0.137. The van der Waals surface area contributed by atoms with Crippen molar-refractivity contribution in [2.75, 3.05) is 13.6 Å². The van der Waals surface area contributed by atoms with Crippen molar-refractivity contribution in [3.8, 4) is 0 Å². The zero-order chi connectivity index (χ0) is 13.7. The van der Waals surface area contributed by atoms with Gasteiger partial charge in [0.2, 0.25) is 0 Å². The van der Waals surface area contributed by atoms with Crippen LogP contribution in [0.25, 0.3) is 0 Å². The molecular weight excluding hydrogens is 305 g/mol. The zero-order valence-corrected chi connectivity index (χ0v) is 12.5. The number of hydrogen-bond acceptors (Lipinski definition) is 1. The molecule has 2 rings (SSSR count). The molecule has 3 heteroatoms. The van der Waals surface area contributed by atoms with Crippen LogP contribution in [0.15, 0.2) is 53.0 Å². The third-order valence-corrected chi connectivity index (χ3v) is 3.69. The van der Waals surface area contributed by atoms with Gasteiger partial charge in [0.25, 0.3) is 0 Å². The van der Waals surface area contributed by atoms with Crippen LogP contribution in [0.4, 0.5) is 4.39 Å². The SMILES string of the molecule is CNCC(Cc1ccccc1F)c1cccc(Br)c1. The number of nitrogens with one attached hydrogen (secondary N) is 1. The Bertz CT molecular complexity index is 542. The van der Waals surface area contributed by atoms with Gasteiger partial charge in [0.05, 0.1) is 0 Å². The molecule has 0 aliphatic rings. The average molecular weight is 322 g/mol. The van der Waals surface area contributed by atoms with Crippen LogP contribution in [0, 0.1) is 5.82 Å². The molecule has 100 valence electrons. The van der Waals surface area contributed by atoms with Crippen LogP contribution >= 0.6 is 15.9 Å². The lowest BCUT2D eigenvalue weighted by Crippen LogP contribution is -2.19. The molecule has 0 radical (unpaired) electrons. The second-order valence-corrected chi connectivity index (χ2v) is 5.52. The first-order chi connectivity index (χ1) is 9.20. The molecule has 0 saturated heterocycles. The van der Waals surface area contributed by atoms with Gasteiger partial charge in [-0.2, -0.15) is 0 Å². The zero-order valence-electron chi connectivity index (χ0n) is 10.9. The largest absolute Gasteiger partial charge is 0.319 e. The van der Waals surface area contributed by atoms with E-state index < -0.39 is 0 Å². The van der Waals surface area contributed by atoms with E-state index in [0.29, 0.717) is 6.42 Å². The van der Waals surface area contributed by atoms with Crippen LogP contribution in [-0.4, -0.2) is 13.6 Å². The molecule has 19 heavy (non-hydrogen) atoms. The first-order valence-electron chi connectivity index (χ1n) is 6.34. The maximum absolute atomic E-state index is 13.8. The Morgan fingerprint density at radius 3 is 2.63 bits per heavy atom. The number of benzene rings is 2. The quantitative estimate of drug-likeness (QED) is 0.873. The molecule has 0 amide bonds. The monoisotopic (exact) mass is 321 g/mol. The third-order valence-electron chi connectivity index (χ3n) is 3.19. The minimum Gasteiger partial charge on any atom is -0.319 e. The minimum absolute atomic E-state index is 0.126. The Balaban J connectivity index is 2.24. The van der Waals surface area contributed by atoms with Crippen molar-refractivity contribution in [2.24, 2.45) is 0 Å². The predicted octanol–water partition coefficient (Wildman–Crippen LogP) is 4.13. The van der Waals surface area contributed by atoms with Gasteiger partial charge in [0.15, 0.2) is 0 Å². The average Bonchev–Trinajstić information content (AvgIpc) is 2.40. The van der Waals surface area contributed by atoms with Gasteiger partial charge in [-0.1, -0.05) is 46.3 Å². The van der Waals surface area contributed by atoms with Crippen molar-refractivity contribution in [1.82, 2.24) is 5.32 Å². The lowest BCUT2D eigenvalue weighted by Gasteiger charge is -2.18. The van der Waals surface area contributed by atoms with Crippen molar-refractivity contribution < 1.29 is 4.39 Å². The Labute approximate surface area is 122 Å². The molecule has 1 unspecified atom stereocenters. The highest BCUT2D eigenvalue weighted by atomic mass is 79.9. The van der Waals surface area contributed by atoms with Gasteiger partial charge < -0.3 is 5.32 Å². The van der Waals surface area contributed by atoms with E-state index in [2.05, 4.69) is 33.4 Å². The molecule has 0 aromatic heterocycles. The van der Waals surface area contributed by atoms with Gasteiger partial charge in [-0.25, -0.2) is 4.39 Å². The molecule has 2 aromatic rings. The van der Waals surface area contributed by atoms with Crippen molar-refractivity contribution in [3.05, 3.63) is 69.9 Å². The molecule has 1 nitrogen and oxygen atoms in total. The van der Waals surface area contributed by atoms with E-state index in [-0.39, 0.29) is 11.7 Å². The maximum atomic E-state index is 13.8. The van der Waals surface area contributed by atoms with Gasteiger partial charge in [-0.15, -0.1) is 0 Å². The van der Waals surface area contributed by atoms with Crippen LogP contribution in [0.3, 0.4) is 0 Å². The molecule has 1 N–H and O–H groups in total. The summed E-state index contributed by atoms with van der Waals surface area (Å²) in [4.78, 5) is 0. The van der Waals surface area contributed by atoms with E-state index in [0.717, 1.165) is 16.6 Å². The van der Waals surface area contributed by atoms with E-state index in [1.165, 1.54) is 11.6 Å². The van der Waals surface area contributed by atoms with Gasteiger partial charge in [0.1, 0.15) is 5.82 Å². The summed E-state index contributed by atoms with van der Waals surface area (Å²) < 4.78 is 14.8. The predicted molar refractivity (Wildman–Crippen MR) is 80.9 cm³/mol. The Kier molecular flexibility index (Phi) is 5.11. The molecule has 0 spiro atoms. The van der Waals surface area contributed by atoms with Gasteiger partial charge in [-0.05, 0) is 42.8 Å². The van der Waals surface area contributed by atoms with Gasteiger partial charge in [0, 0.05) is 16.9 Å². The van der Waals surface area contributed by atoms with E-state index >= 15 is 0 Å². The first kappa shape index (κ1) is 14.2. The molecule has 0 saturated carbocycles. The summed E-state index contributed by atoms with van der Waals surface area (Å²) in [5, 5.41) is 3.19. The summed E-state index contributed by atoms with van der Waals surface area (Å²) in [6.07, 6.45) is 0.698. The molecule has 0 aliphatic carbocycles. The van der Waals surface area contributed by atoms with Crippen LogP contribution < -0.4 is 5.32 Å². The fraction of sp³-hybridized carbons (Fsp3) is 0.250. The van der Waals surface area contributed by atoms with Gasteiger partial charge >= 0.3 is 0 Å². The highest BCUT2D eigenvalue weighted by Crippen LogP contribution is 2.24. The standard InChI is InChI=1S/C16H17BrFN/c1-19-11-14(12-6-4-7-15(17)10-12)9-13-5-2-3-8-16(13)18/h2-8,10,14,19H,9,11H2,1H3. The summed E-state index contributed by atoms with van der Waals surface area (Å²) in [6, 6.07) is 15.2. The van der Waals surface area contributed by atoms with Crippen molar-refractivity contribution in [2.45, 2.75) is 12.3 Å². The van der Waals surface area contributed by atoms with E-state index in [1.54, 1.807) is 6.07 Å². The number of hydrogen-bond donors (Lipinski definition) is 1. The van der Waals surface area contributed by atoms with E-state index in [4.69, 9.17) is 0 Å². The van der Waals surface area contributed by atoms with E-state index in [1.807, 2.05) is 31.3 Å². The topological polar surface area (TPSA) is 12.0 Å². The molecule has 0 aliphatic heterocycles. The van der Waals surface area contributed by atoms with Crippen LogP contribution in [0.1, 0.15) is 17.0 Å². The fourth-order valence-electron chi connectivity index (χ4n) is 2.24. The second-order valence-electron chi connectivity index (χ2n) is 4.61. The second kappa shape index (κ2) is 6.83. The summed E-state index contributed by atoms with van der Waals surface area (Å²) in [7, 11) is 1.92. The minimum atomic E-state index is -0.126. The number of rotatable bonds is 5. The number of likely N-dealkylation sites (N-methyl/N-ethyl adjacent to an activating group) is 1. The maximum Gasteiger partial charge on any atom is 0.126 e. The van der Waals surface area contributed by atoms with Crippen LogP contribution in [0.5, 0.6) is 0 Å². The summed E-state index contributed by atoms with van der Waals surface area (Å²) >= 11 is 3.49. The third kappa shape index (κ3) is 3.88. The van der Waals surface area contributed by atoms with Gasteiger partial charge in [-0.3, -0.25) is 0 Å². The van der Waals surface area contributed by atoms with Crippen LogP contribution in [0.2, 0.25) is 0 Å². The molecule has 2 aromatic carbocycles. The molecular formula is C16H17BrFN. The molecule has 0 bridgehead atoms. The Morgan fingerprint density at radius 2 is 1.95 bits per heavy atom. The van der Waals surface area contributed by atoms with Crippen molar-refractivity contribution in [3.63, 3.8) is 0 Å². The van der Waals surface area contributed by atoms with Crippen LogP contribution in [-0.2, 0) is 6.42 Å². The fourth-order valence-corrected chi connectivity index (χ4v) is 2.66. The smallest absolute Gasteiger partial charge is 0.126 e. The Hall–Kier alpha value is -1.19. The summed E-state index contributed by atoms with van der Waals surface area (Å²) in [5.41, 5.74) is 1.98. The number of halogens is 2. The Morgan fingerprint density at radius 1 is 1.16 bits per heavy atom. The highest BCUT2D eigenvalue weighted by Gasteiger charge is 2.14. The lowest BCUT2D eigenvalue weighted by molar-refractivity contribution is 0.574. The molecule has 1 atom stereocenters. The van der Waals surface area contributed by atoms with Crippen molar-refractivity contribution in [1.29, 1.82) is 0 Å².